The number of aryl methyl sites for hydroxylation is 2. The summed E-state index contributed by atoms with van der Waals surface area (Å²) in [5, 5.41) is 0. The lowest BCUT2D eigenvalue weighted by molar-refractivity contribution is -0.128. The summed E-state index contributed by atoms with van der Waals surface area (Å²) in [5.41, 5.74) is 7.04. The van der Waals surface area contributed by atoms with Crippen LogP contribution in [0.25, 0.3) is 6.08 Å². The third-order valence-corrected chi connectivity index (χ3v) is 3.38. The number of rotatable bonds is 5. The Balaban J connectivity index is 1.77. The number of nitrogens with one attached hydrogen (secondary N) is 2. The molecule has 0 aliphatic rings. The molecule has 0 bridgehead atoms. The zero-order valence-corrected chi connectivity index (χ0v) is 14.0. The first kappa shape index (κ1) is 18.2. The molecule has 2 aromatic carbocycles. The Bertz CT molecular complexity index is 766. The lowest BCUT2D eigenvalue weighted by Crippen LogP contribution is -2.43. The van der Waals surface area contributed by atoms with E-state index in [-0.39, 0.29) is 12.4 Å². The molecule has 2 rings (SSSR count). The summed E-state index contributed by atoms with van der Waals surface area (Å²) in [6.45, 7) is 3.57. The van der Waals surface area contributed by atoms with E-state index in [1.807, 2.05) is 32.0 Å². The summed E-state index contributed by atoms with van der Waals surface area (Å²) in [7, 11) is 0. The van der Waals surface area contributed by atoms with E-state index in [1.165, 1.54) is 36.4 Å². The standard InChI is InChI=1S/C19H19FN2O3/c1-13-4-3-5-14(2)19(13)25-12-18(24)22-21-17(23)11-8-15-6-9-16(20)10-7-15/h3-11H,12H2,1-2H3,(H,21,23)(H,22,24)/b11-8+. The molecule has 5 nitrogen and oxygen atoms in total. The minimum Gasteiger partial charge on any atom is -0.483 e. The number of hydrogen-bond donors (Lipinski definition) is 2. The number of benzene rings is 2. The van der Waals surface area contributed by atoms with E-state index in [4.69, 9.17) is 4.74 Å². The van der Waals surface area contributed by atoms with Gasteiger partial charge in [-0.25, -0.2) is 4.39 Å². The van der Waals surface area contributed by atoms with E-state index in [9.17, 15) is 14.0 Å². The van der Waals surface area contributed by atoms with E-state index < -0.39 is 11.8 Å². The van der Waals surface area contributed by atoms with Gasteiger partial charge in [0.25, 0.3) is 11.8 Å². The first-order chi connectivity index (χ1) is 12.0. The average molecular weight is 342 g/mol. The fraction of sp³-hybridized carbons (Fsp3) is 0.158. The molecule has 2 amide bonds. The second-order valence-electron chi connectivity index (χ2n) is 5.43. The number of amides is 2. The van der Waals surface area contributed by atoms with Gasteiger partial charge in [-0.05, 0) is 48.7 Å². The van der Waals surface area contributed by atoms with Crippen LogP contribution in [0.3, 0.4) is 0 Å². The van der Waals surface area contributed by atoms with Crippen molar-refractivity contribution in [2.75, 3.05) is 6.61 Å². The van der Waals surface area contributed by atoms with Gasteiger partial charge >= 0.3 is 0 Å². The van der Waals surface area contributed by atoms with Gasteiger partial charge in [0.15, 0.2) is 6.61 Å². The molecule has 25 heavy (non-hydrogen) atoms. The van der Waals surface area contributed by atoms with Crippen LogP contribution in [0.4, 0.5) is 4.39 Å². The third kappa shape index (κ3) is 5.76. The van der Waals surface area contributed by atoms with Crippen LogP contribution in [0.5, 0.6) is 5.75 Å². The summed E-state index contributed by atoms with van der Waals surface area (Å²) in [4.78, 5) is 23.4. The second-order valence-corrected chi connectivity index (χ2v) is 5.43. The number of carbonyl (C=O) groups excluding carboxylic acids is 2. The number of ether oxygens (including phenoxy) is 1. The van der Waals surface area contributed by atoms with Crippen LogP contribution < -0.4 is 15.6 Å². The molecule has 2 N–H and O–H groups in total. The predicted molar refractivity (Wildman–Crippen MR) is 93.1 cm³/mol. The Hall–Kier alpha value is -3.15. The maximum atomic E-state index is 12.8. The molecule has 0 fully saturated rings. The van der Waals surface area contributed by atoms with Crippen molar-refractivity contribution in [3.63, 3.8) is 0 Å². The van der Waals surface area contributed by atoms with Crippen molar-refractivity contribution in [1.82, 2.24) is 10.9 Å². The van der Waals surface area contributed by atoms with Crippen LogP contribution in [0.15, 0.2) is 48.5 Å². The molecule has 130 valence electrons. The Kier molecular flexibility index (Phi) is 6.28. The molecule has 0 saturated heterocycles. The van der Waals surface area contributed by atoms with Crippen molar-refractivity contribution in [2.45, 2.75) is 13.8 Å². The van der Waals surface area contributed by atoms with Gasteiger partial charge in [0.2, 0.25) is 0 Å². The predicted octanol–water partition coefficient (Wildman–Crippen LogP) is 2.68. The van der Waals surface area contributed by atoms with E-state index >= 15 is 0 Å². The number of para-hydroxylation sites is 1. The molecule has 0 spiro atoms. The largest absolute Gasteiger partial charge is 0.483 e. The highest BCUT2D eigenvalue weighted by atomic mass is 19.1. The fourth-order valence-electron chi connectivity index (χ4n) is 2.12. The van der Waals surface area contributed by atoms with Gasteiger partial charge in [0.05, 0.1) is 0 Å². The van der Waals surface area contributed by atoms with Crippen LogP contribution in [0.1, 0.15) is 16.7 Å². The Morgan fingerprint density at radius 3 is 2.32 bits per heavy atom. The van der Waals surface area contributed by atoms with Gasteiger partial charge in [0.1, 0.15) is 11.6 Å². The van der Waals surface area contributed by atoms with Crippen molar-refractivity contribution >= 4 is 17.9 Å². The number of halogens is 1. The van der Waals surface area contributed by atoms with Crippen molar-refractivity contribution in [2.24, 2.45) is 0 Å². The first-order valence-corrected chi connectivity index (χ1v) is 7.67. The molecule has 6 heteroatoms. The van der Waals surface area contributed by atoms with Gasteiger partial charge in [-0.2, -0.15) is 0 Å². The number of hydrogen-bond acceptors (Lipinski definition) is 3. The van der Waals surface area contributed by atoms with Gasteiger partial charge in [-0.15, -0.1) is 0 Å². The van der Waals surface area contributed by atoms with Crippen LogP contribution in [-0.4, -0.2) is 18.4 Å². The smallest absolute Gasteiger partial charge is 0.276 e. The summed E-state index contributed by atoms with van der Waals surface area (Å²) in [6.07, 6.45) is 2.74. The monoisotopic (exact) mass is 342 g/mol. The zero-order valence-electron chi connectivity index (χ0n) is 14.0. The van der Waals surface area contributed by atoms with Crippen LogP contribution in [-0.2, 0) is 9.59 Å². The highest BCUT2D eigenvalue weighted by molar-refractivity contribution is 5.93. The molecular weight excluding hydrogens is 323 g/mol. The topological polar surface area (TPSA) is 67.4 Å². The lowest BCUT2D eigenvalue weighted by atomic mass is 10.1. The van der Waals surface area contributed by atoms with Gasteiger partial charge in [-0.3, -0.25) is 20.4 Å². The molecule has 0 atom stereocenters. The van der Waals surface area contributed by atoms with E-state index in [0.717, 1.165) is 11.1 Å². The van der Waals surface area contributed by atoms with Crippen LogP contribution in [0, 0.1) is 19.7 Å². The first-order valence-electron chi connectivity index (χ1n) is 7.67. The highest BCUT2D eigenvalue weighted by Gasteiger charge is 2.07. The highest BCUT2D eigenvalue weighted by Crippen LogP contribution is 2.21. The maximum absolute atomic E-state index is 12.8. The summed E-state index contributed by atoms with van der Waals surface area (Å²) in [6, 6.07) is 11.4. The molecule has 0 saturated carbocycles. The molecule has 0 unspecified atom stereocenters. The molecule has 0 aromatic heterocycles. The van der Waals surface area contributed by atoms with E-state index in [1.54, 1.807) is 0 Å². The van der Waals surface area contributed by atoms with E-state index in [2.05, 4.69) is 10.9 Å². The fourth-order valence-corrected chi connectivity index (χ4v) is 2.12. The maximum Gasteiger partial charge on any atom is 0.276 e. The Labute approximate surface area is 145 Å². The molecule has 0 aliphatic heterocycles. The summed E-state index contributed by atoms with van der Waals surface area (Å²) < 4.78 is 18.3. The van der Waals surface area contributed by atoms with Gasteiger partial charge in [0, 0.05) is 6.08 Å². The SMILES string of the molecule is Cc1cccc(C)c1OCC(=O)NNC(=O)/C=C/c1ccc(F)cc1. The zero-order chi connectivity index (χ0) is 18.2. The minimum atomic E-state index is -0.509. The van der Waals surface area contributed by atoms with Crippen molar-refractivity contribution in [1.29, 1.82) is 0 Å². The number of hydrazine groups is 1. The molecule has 0 aliphatic carbocycles. The van der Waals surface area contributed by atoms with Gasteiger partial charge < -0.3 is 4.74 Å². The molecule has 2 aromatic rings. The van der Waals surface area contributed by atoms with Crippen molar-refractivity contribution < 1.29 is 18.7 Å². The molecule has 0 radical (unpaired) electrons. The second kappa shape index (κ2) is 8.63. The summed E-state index contributed by atoms with van der Waals surface area (Å²) >= 11 is 0. The third-order valence-electron chi connectivity index (χ3n) is 3.38. The van der Waals surface area contributed by atoms with Crippen molar-refractivity contribution in [3.05, 3.63) is 71.0 Å². The summed E-state index contributed by atoms with van der Waals surface area (Å²) in [5.74, 6) is -0.686. The minimum absolute atomic E-state index is 0.215. The molecular formula is C19H19FN2O3. The van der Waals surface area contributed by atoms with Crippen LogP contribution in [0.2, 0.25) is 0 Å². The quantitative estimate of drug-likeness (QED) is 0.648. The Morgan fingerprint density at radius 1 is 1.04 bits per heavy atom. The van der Waals surface area contributed by atoms with Crippen LogP contribution >= 0.6 is 0 Å². The molecule has 0 heterocycles. The normalized spacial score (nSPS) is 10.5. The Morgan fingerprint density at radius 2 is 1.68 bits per heavy atom. The lowest BCUT2D eigenvalue weighted by Gasteiger charge is -2.11. The van der Waals surface area contributed by atoms with Crippen molar-refractivity contribution in [3.8, 4) is 5.75 Å². The van der Waals surface area contributed by atoms with Gasteiger partial charge in [-0.1, -0.05) is 30.3 Å². The number of carbonyl (C=O) groups is 2. The van der Waals surface area contributed by atoms with E-state index in [0.29, 0.717) is 11.3 Å². The average Bonchev–Trinajstić information content (AvgIpc) is 2.59.